The number of aromatic hydroxyl groups is 5. The van der Waals surface area contributed by atoms with E-state index in [9.17, 15) is 35.0 Å². The van der Waals surface area contributed by atoms with Gasteiger partial charge in [0, 0.05) is 212 Å². The predicted octanol–water partition coefficient (Wildman–Crippen LogP) is 19.0. The summed E-state index contributed by atoms with van der Waals surface area (Å²) in [6, 6.07) is 49.6. The molecule has 15 fully saturated rings. The van der Waals surface area contributed by atoms with Crippen LogP contribution in [0, 0.1) is 53.2 Å². The predicted molar refractivity (Wildman–Crippen MR) is 460 cm³/mol. The summed E-state index contributed by atoms with van der Waals surface area (Å²) < 4.78 is 50.7. The van der Waals surface area contributed by atoms with Gasteiger partial charge in [0.05, 0.1) is 6.61 Å². The number of furan rings is 5. The maximum atomic E-state index is 13.7. The molecule has 120 heavy (non-hydrogen) atoms. The first kappa shape index (κ1) is 75.8. The molecule has 25 atom stereocenters. The molecule has 32 rings (SSSR count). The van der Waals surface area contributed by atoms with E-state index >= 15 is 0 Å². The highest BCUT2D eigenvalue weighted by atomic mass is 19.1. The van der Waals surface area contributed by atoms with Crippen molar-refractivity contribution in [3.8, 4) is 28.7 Å². The number of nitrogens with zero attached hydrogens (tertiary/aromatic N) is 5. The SMILES string of the molecule is CCC1CC2CC3c4oc5cc(F)c(O)cc5c4CCN(C2)C13.COCC1CC2CC3c4oc5ccc(O)cc5c4CCN(C2)C13.OCC1CC2CC3c4oc5ccc(O)cc5c4CCN(C2)C13.Oc1ccc2oc3c(c2c1)CCN1CC2CC(c4ccccc4)C1C3C2.Oc1ccc2oc3c(c2c1)CCN1CC2CC(c4ccccc4)C1C3C2. The van der Waals surface area contributed by atoms with Crippen molar-refractivity contribution in [1.82, 2.24) is 24.5 Å². The third-order valence-corrected chi connectivity index (χ3v) is 32.6. The molecule has 5 aromatic heterocycles. The fourth-order valence-electron chi connectivity index (χ4n) is 28.3. The Balaban J connectivity index is 0.0000000877. The van der Waals surface area contributed by atoms with E-state index in [-0.39, 0.29) is 12.4 Å². The molecule has 624 valence electrons. The molecule has 17 nitrogen and oxygen atoms in total. The van der Waals surface area contributed by atoms with Gasteiger partial charge in [0.1, 0.15) is 79.7 Å². The molecule has 7 aromatic carbocycles. The van der Waals surface area contributed by atoms with Crippen molar-refractivity contribution in [3.63, 3.8) is 0 Å². The number of benzene rings is 7. The summed E-state index contributed by atoms with van der Waals surface area (Å²) in [5.41, 5.74) is 13.7. The van der Waals surface area contributed by atoms with E-state index in [0.29, 0.717) is 118 Å². The summed E-state index contributed by atoms with van der Waals surface area (Å²) in [6.45, 7) is 14.9. The van der Waals surface area contributed by atoms with Crippen LogP contribution in [0.2, 0.25) is 0 Å². The minimum Gasteiger partial charge on any atom is -0.508 e. The van der Waals surface area contributed by atoms with Crippen LogP contribution in [0.15, 0.2) is 168 Å². The molecular weight excluding hydrogens is 1510 g/mol. The van der Waals surface area contributed by atoms with Crippen LogP contribution in [0.3, 0.4) is 0 Å². The normalized spacial score (nSPS) is 34.2. The number of rotatable bonds is 6. The molecule has 5 aliphatic carbocycles. The Morgan fingerprint density at radius 1 is 0.342 bits per heavy atom. The molecule has 18 heteroatoms. The molecule has 10 saturated heterocycles. The van der Waals surface area contributed by atoms with Gasteiger partial charge in [0.2, 0.25) is 0 Å². The quantitative estimate of drug-likeness (QED) is 0.0913. The Labute approximate surface area is 699 Å². The lowest BCUT2D eigenvalue weighted by molar-refractivity contribution is -0.0422. The summed E-state index contributed by atoms with van der Waals surface area (Å²) in [5.74, 6) is 15.1. The Morgan fingerprint density at radius 2 is 0.642 bits per heavy atom. The van der Waals surface area contributed by atoms with Crippen LogP contribution in [-0.2, 0) is 36.8 Å². The Kier molecular flexibility index (Phi) is 19.1. The maximum Gasteiger partial charge on any atom is 0.168 e. The Bertz CT molecular complexity index is 5710. The second-order valence-electron chi connectivity index (χ2n) is 39.0. The standard InChI is InChI=1S/2C23H23NO2.C19H22FNO2.C19H23NO3.C18H21NO3/c2*25-16-6-7-21-19(12-16)17-8-9-24-13-14-10-18(15-4-2-1-3-5-15)22(24)20(11-14)23(17)26-21;1-2-11-5-10-6-14-18(11)21(9-10)4-3-12-13-7-16(22)15(20)8-17(13)23-19(12)14;1-22-10-12-6-11-7-16-18(12)20(9-11)5-4-14-15-8-13(21)2-3-17(15)23-19(14)16;20-9-11-5-10-6-15-17(11)19(8-10)4-3-13-14-7-12(21)1-2-16(14)22-18(13)15/h2*1-7,12,14,18,20,22,25H,8-11,13H2;7-8,10-11,14,18,22H,2-6,9H2,1H3;2-3,8,11-12,16,18,21H,4-7,9-10H2,1H3;1-2,7,10-11,15,17,20-21H,3-6,8-9H2. The van der Waals surface area contributed by atoms with Gasteiger partial charge in [-0.15, -0.1) is 0 Å². The van der Waals surface area contributed by atoms with Crippen molar-refractivity contribution >= 4 is 54.8 Å². The highest BCUT2D eigenvalue weighted by Gasteiger charge is 2.56. The summed E-state index contributed by atoms with van der Waals surface area (Å²) in [7, 11) is 1.82. The number of phenolic OH excluding ortho intramolecular Hbond substituents is 5. The summed E-state index contributed by atoms with van der Waals surface area (Å²) in [6.07, 6.45) is 18.7. The van der Waals surface area contributed by atoms with Gasteiger partial charge in [-0.25, -0.2) is 4.39 Å². The van der Waals surface area contributed by atoms with Crippen molar-refractivity contribution < 1.29 is 61.9 Å². The van der Waals surface area contributed by atoms with Crippen LogP contribution in [0.25, 0.3) is 54.8 Å². The summed E-state index contributed by atoms with van der Waals surface area (Å²) >= 11 is 0. The molecule has 15 aliphatic heterocycles. The van der Waals surface area contributed by atoms with Gasteiger partial charge in [-0.1, -0.05) is 74.0 Å². The number of ether oxygens (including phenoxy) is 1. The molecule has 0 spiro atoms. The lowest BCUT2D eigenvalue weighted by Crippen LogP contribution is -2.57. The highest BCUT2D eigenvalue weighted by molar-refractivity contribution is 5.88. The first-order chi connectivity index (χ1) is 58.7. The smallest absolute Gasteiger partial charge is 0.168 e. The van der Waals surface area contributed by atoms with Crippen molar-refractivity contribution in [3.05, 3.63) is 219 Å². The Morgan fingerprint density at radius 3 is 1.00 bits per heavy atom. The number of phenols is 5. The number of hydrogen-bond donors (Lipinski definition) is 6. The van der Waals surface area contributed by atoms with Gasteiger partial charge in [0.15, 0.2) is 11.6 Å². The second-order valence-corrected chi connectivity index (χ2v) is 39.0. The zero-order valence-electron chi connectivity index (χ0n) is 68.9. The van der Waals surface area contributed by atoms with Gasteiger partial charge < -0.3 is 57.5 Å². The summed E-state index contributed by atoms with van der Waals surface area (Å²) in [5, 5.41) is 64.4. The van der Waals surface area contributed by atoms with Crippen molar-refractivity contribution in [2.45, 2.75) is 181 Å². The molecule has 0 amide bonds. The van der Waals surface area contributed by atoms with E-state index < -0.39 is 5.82 Å². The van der Waals surface area contributed by atoms with Crippen LogP contribution in [0.4, 0.5) is 4.39 Å². The molecule has 12 aromatic rings. The third-order valence-electron chi connectivity index (χ3n) is 32.6. The fraction of sp³-hybridized carbons (Fsp3) is 0.490. The van der Waals surface area contributed by atoms with Crippen LogP contribution in [0.1, 0.15) is 187 Å². The average Bonchev–Trinajstić information content (AvgIpc) is 1.26. The molecule has 25 unspecified atom stereocenters. The van der Waals surface area contributed by atoms with Crippen molar-refractivity contribution in [1.29, 1.82) is 0 Å². The fourth-order valence-corrected chi connectivity index (χ4v) is 28.3. The van der Waals surface area contributed by atoms with Gasteiger partial charge in [-0.3, -0.25) is 24.5 Å². The number of aliphatic hydroxyl groups is 1. The van der Waals surface area contributed by atoms with Crippen LogP contribution >= 0.6 is 0 Å². The topological polar surface area (TPSA) is 213 Å². The van der Waals surface area contributed by atoms with E-state index in [1.807, 2.05) is 55.6 Å². The number of halogens is 1. The first-order valence-corrected chi connectivity index (χ1v) is 45.5. The number of piperidine rings is 10. The molecular formula is C102H112FN5O12. The number of methoxy groups -OCH3 is 1. The first-order valence-electron chi connectivity index (χ1n) is 45.5. The van der Waals surface area contributed by atoms with E-state index in [1.165, 1.54) is 159 Å². The lowest BCUT2D eigenvalue weighted by atomic mass is 9.64. The monoisotopic (exact) mass is 1620 g/mol. The van der Waals surface area contributed by atoms with Crippen LogP contribution in [0.5, 0.6) is 28.7 Å². The molecule has 6 N–H and O–H groups in total. The number of hydrogen-bond acceptors (Lipinski definition) is 17. The maximum absolute atomic E-state index is 13.7. The van der Waals surface area contributed by atoms with Gasteiger partial charge >= 0.3 is 0 Å². The molecule has 20 heterocycles. The zero-order valence-corrected chi connectivity index (χ0v) is 68.9. The minimum absolute atomic E-state index is 0.276. The molecule has 20 bridgehead atoms. The van der Waals surface area contributed by atoms with Crippen molar-refractivity contribution in [2.75, 3.05) is 85.8 Å². The average molecular weight is 1620 g/mol. The zero-order chi connectivity index (χ0) is 80.6. The van der Waals surface area contributed by atoms with Gasteiger partial charge in [-0.2, -0.15) is 0 Å². The largest absolute Gasteiger partial charge is 0.508 e. The van der Waals surface area contributed by atoms with E-state index in [4.69, 9.17) is 26.8 Å². The lowest BCUT2D eigenvalue weighted by Gasteiger charge is -2.53. The molecule has 0 radical (unpaired) electrons. The van der Waals surface area contributed by atoms with Crippen molar-refractivity contribution in [2.24, 2.45) is 47.3 Å². The molecule has 5 saturated carbocycles. The number of fused-ring (bicyclic) bond motifs is 20. The minimum atomic E-state index is -0.598. The van der Waals surface area contributed by atoms with Crippen LogP contribution in [-0.4, -0.2) is 171 Å². The highest BCUT2D eigenvalue weighted by Crippen LogP contribution is 2.60. The molecule has 20 aliphatic rings. The summed E-state index contributed by atoms with van der Waals surface area (Å²) in [4.78, 5) is 13.4. The van der Waals surface area contributed by atoms with Gasteiger partial charge in [0.25, 0.3) is 0 Å². The third kappa shape index (κ3) is 12.8. The van der Waals surface area contributed by atoms with Crippen LogP contribution < -0.4 is 0 Å². The van der Waals surface area contributed by atoms with E-state index in [1.54, 1.807) is 30.3 Å². The number of aliphatic hydroxyl groups excluding tert-OH is 1. The van der Waals surface area contributed by atoms with E-state index in [2.05, 4.69) is 92.1 Å². The van der Waals surface area contributed by atoms with Gasteiger partial charge in [-0.05, 0) is 234 Å². The Hall–Kier alpha value is -9.11. The second kappa shape index (κ2) is 30.1. The van der Waals surface area contributed by atoms with E-state index in [0.717, 1.165) is 168 Å².